The number of benzene rings is 2. The van der Waals surface area contributed by atoms with Gasteiger partial charge in [0.05, 0.1) is 17.1 Å². The number of ether oxygens (including phenoxy) is 1. The fraction of sp³-hybridized carbons (Fsp3) is 0.333. The van der Waals surface area contributed by atoms with Crippen molar-refractivity contribution in [1.29, 1.82) is 0 Å². The molecular formula is C21H24N4O4S. The Bertz CT molecular complexity index is 1090. The Morgan fingerprint density at radius 3 is 2.57 bits per heavy atom. The van der Waals surface area contributed by atoms with Crippen LogP contribution in [0.15, 0.2) is 57.9 Å². The van der Waals surface area contributed by atoms with Gasteiger partial charge in [-0.05, 0) is 50.1 Å². The molecule has 2 heterocycles. The van der Waals surface area contributed by atoms with Crippen LogP contribution in [0.25, 0.3) is 0 Å². The molecule has 158 valence electrons. The number of anilines is 1. The smallest absolute Gasteiger partial charge is 0.245 e. The molecular weight excluding hydrogens is 404 g/mol. The molecule has 1 aliphatic heterocycles. The molecule has 1 fully saturated rings. The second kappa shape index (κ2) is 8.85. The van der Waals surface area contributed by atoms with E-state index < -0.39 is 10.0 Å². The normalized spacial score (nSPS) is 15.1. The van der Waals surface area contributed by atoms with E-state index >= 15 is 0 Å². The fourth-order valence-corrected chi connectivity index (χ4v) is 4.89. The minimum Gasteiger partial charge on any atom is -0.455 e. The van der Waals surface area contributed by atoms with Crippen molar-refractivity contribution in [3.63, 3.8) is 0 Å². The largest absolute Gasteiger partial charge is 0.455 e. The zero-order valence-electron chi connectivity index (χ0n) is 16.7. The lowest BCUT2D eigenvalue weighted by molar-refractivity contribution is 0.346. The van der Waals surface area contributed by atoms with Crippen molar-refractivity contribution in [3.8, 4) is 11.5 Å². The number of aryl methyl sites for hydroxylation is 1. The van der Waals surface area contributed by atoms with Gasteiger partial charge in [0.1, 0.15) is 5.75 Å². The Balaban J connectivity index is 1.63. The van der Waals surface area contributed by atoms with Gasteiger partial charge in [-0.25, -0.2) is 8.42 Å². The third-order valence-electron chi connectivity index (χ3n) is 4.87. The van der Waals surface area contributed by atoms with Gasteiger partial charge in [-0.2, -0.15) is 9.29 Å². The lowest BCUT2D eigenvalue weighted by Crippen LogP contribution is -2.35. The third-order valence-corrected chi connectivity index (χ3v) is 6.77. The van der Waals surface area contributed by atoms with Gasteiger partial charge in [-0.15, -0.1) is 0 Å². The summed E-state index contributed by atoms with van der Waals surface area (Å²) in [5.41, 5.74) is 0.535. The minimum absolute atomic E-state index is 0.231. The topological polar surface area (TPSA) is 97.6 Å². The summed E-state index contributed by atoms with van der Waals surface area (Å²) in [5, 5.41) is 6.95. The van der Waals surface area contributed by atoms with Crippen LogP contribution in [0.3, 0.4) is 0 Å². The van der Waals surface area contributed by atoms with Gasteiger partial charge in [0.25, 0.3) is 0 Å². The summed E-state index contributed by atoms with van der Waals surface area (Å²) in [5.74, 6) is 2.10. The van der Waals surface area contributed by atoms with E-state index in [1.165, 1.54) is 0 Å². The van der Waals surface area contributed by atoms with Crippen molar-refractivity contribution < 1.29 is 17.7 Å². The maximum absolute atomic E-state index is 13.1. The summed E-state index contributed by atoms with van der Waals surface area (Å²) in [7, 11) is -3.57. The molecule has 0 amide bonds. The summed E-state index contributed by atoms with van der Waals surface area (Å²) in [6.45, 7) is 3.09. The van der Waals surface area contributed by atoms with Crippen molar-refractivity contribution in [1.82, 2.24) is 14.4 Å². The van der Waals surface area contributed by atoms with E-state index in [9.17, 15) is 8.42 Å². The molecule has 3 aromatic rings. The number of hydrogen-bond donors (Lipinski definition) is 1. The van der Waals surface area contributed by atoms with E-state index in [-0.39, 0.29) is 11.4 Å². The van der Waals surface area contributed by atoms with Gasteiger partial charge in [0, 0.05) is 13.1 Å². The molecule has 1 saturated heterocycles. The number of aromatic nitrogens is 2. The first kappa shape index (κ1) is 20.4. The van der Waals surface area contributed by atoms with Crippen LogP contribution in [0.1, 0.15) is 31.0 Å². The summed E-state index contributed by atoms with van der Waals surface area (Å²) >= 11 is 0. The number of piperidine rings is 1. The van der Waals surface area contributed by atoms with Gasteiger partial charge in [-0.1, -0.05) is 29.8 Å². The number of para-hydroxylation sites is 1. The Morgan fingerprint density at radius 1 is 1.10 bits per heavy atom. The molecule has 4 rings (SSSR count). The molecule has 0 bridgehead atoms. The quantitative estimate of drug-likeness (QED) is 0.608. The van der Waals surface area contributed by atoms with Crippen LogP contribution >= 0.6 is 0 Å². The van der Waals surface area contributed by atoms with Gasteiger partial charge >= 0.3 is 0 Å². The number of nitrogens with one attached hydrogen (secondary N) is 1. The van der Waals surface area contributed by atoms with Crippen molar-refractivity contribution in [2.24, 2.45) is 0 Å². The molecule has 0 radical (unpaired) electrons. The monoisotopic (exact) mass is 428 g/mol. The predicted octanol–water partition coefficient (Wildman–Crippen LogP) is 3.96. The van der Waals surface area contributed by atoms with Gasteiger partial charge in [-0.3, -0.25) is 0 Å². The van der Waals surface area contributed by atoms with Crippen molar-refractivity contribution >= 4 is 15.7 Å². The second-order valence-electron chi connectivity index (χ2n) is 7.13. The second-order valence-corrected chi connectivity index (χ2v) is 9.06. The van der Waals surface area contributed by atoms with E-state index in [1.807, 2.05) is 30.3 Å². The average Bonchev–Trinajstić information content (AvgIpc) is 3.19. The highest BCUT2D eigenvalue weighted by Crippen LogP contribution is 2.33. The number of sulfonamides is 1. The van der Waals surface area contributed by atoms with Crippen molar-refractivity contribution in [2.45, 2.75) is 37.6 Å². The van der Waals surface area contributed by atoms with Crippen molar-refractivity contribution in [3.05, 3.63) is 60.2 Å². The van der Waals surface area contributed by atoms with Gasteiger partial charge in [0.2, 0.25) is 15.9 Å². The number of rotatable bonds is 7. The van der Waals surface area contributed by atoms with Crippen LogP contribution in [-0.2, 0) is 16.6 Å². The molecule has 1 aromatic heterocycles. The average molecular weight is 429 g/mol. The first-order valence-corrected chi connectivity index (χ1v) is 11.4. The molecule has 0 atom stereocenters. The number of nitrogens with zero attached hydrogens (tertiary/aromatic N) is 3. The molecule has 8 nitrogen and oxygen atoms in total. The Labute approximate surface area is 175 Å². The summed E-state index contributed by atoms with van der Waals surface area (Å²) in [4.78, 5) is 4.41. The maximum Gasteiger partial charge on any atom is 0.245 e. The molecule has 0 unspecified atom stereocenters. The molecule has 9 heteroatoms. The summed E-state index contributed by atoms with van der Waals surface area (Å²) < 4.78 is 38.9. The van der Waals surface area contributed by atoms with E-state index in [0.717, 1.165) is 19.3 Å². The zero-order valence-corrected chi connectivity index (χ0v) is 17.6. The SMILES string of the molecule is Cc1noc(CNc2cc(S(=O)(=O)N3CCCCC3)ccc2Oc2ccccc2)n1. The summed E-state index contributed by atoms with van der Waals surface area (Å²) in [6, 6.07) is 14.2. The van der Waals surface area contributed by atoms with Crippen LogP contribution in [0.4, 0.5) is 5.69 Å². The highest BCUT2D eigenvalue weighted by molar-refractivity contribution is 7.89. The number of hydrogen-bond acceptors (Lipinski definition) is 7. The lowest BCUT2D eigenvalue weighted by atomic mass is 10.2. The van der Waals surface area contributed by atoms with Crippen LogP contribution in [-0.4, -0.2) is 36.0 Å². The molecule has 0 spiro atoms. The Hall–Kier alpha value is -2.91. The molecule has 0 saturated carbocycles. The Morgan fingerprint density at radius 2 is 1.87 bits per heavy atom. The standard InChI is InChI=1S/C21H24N4O4S/c1-16-23-21(29-24-16)15-22-19-14-18(30(26,27)25-12-6-3-7-13-25)10-11-20(19)28-17-8-4-2-5-9-17/h2,4-5,8-11,14,22H,3,6-7,12-13,15H2,1H3. The van der Waals surface area contributed by atoms with E-state index in [1.54, 1.807) is 29.4 Å². The molecule has 0 aliphatic carbocycles. The molecule has 1 aliphatic rings. The molecule has 2 aromatic carbocycles. The third kappa shape index (κ3) is 4.63. The first-order chi connectivity index (χ1) is 14.5. The van der Waals surface area contributed by atoms with Gasteiger partial charge < -0.3 is 14.6 Å². The fourth-order valence-electron chi connectivity index (χ4n) is 3.35. The van der Waals surface area contributed by atoms with Gasteiger partial charge in [0.15, 0.2) is 11.6 Å². The lowest BCUT2D eigenvalue weighted by Gasteiger charge is -2.26. The van der Waals surface area contributed by atoms with Crippen LogP contribution in [0.5, 0.6) is 11.5 Å². The van der Waals surface area contributed by atoms with Crippen molar-refractivity contribution in [2.75, 3.05) is 18.4 Å². The maximum atomic E-state index is 13.1. The van der Waals surface area contributed by atoms with Crippen LogP contribution in [0, 0.1) is 6.92 Å². The minimum atomic E-state index is -3.57. The molecule has 1 N–H and O–H groups in total. The zero-order chi connectivity index (χ0) is 21.0. The highest BCUT2D eigenvalue weighted by Gasteiger charge is 2.27. The predicted molar refractivity (Wildman–Crippen MR) is 112 cm³/mol. The van der Waals surface area contributed by atoms with Crippen LogP contribution < -0.4 is 10.1 Å². The van der Waals surface area contributed by atoms with E-state index in [0.29, 0.717) is 42.0 Å². The van der Waals surface area contributed by atoms with E-state index in [4.69, 9.17) is 9.26 Å². The Kier molecular flexibility index (Phi) is 6.01. The van der Waals surface area contributed by atoms with Crippen LogP contribution in [0.2, 0.25) is 0 Å². The molecule has 30 heavy (non-hydrogen) atoms. The van der Waals surface area contributed by atoms with E-state index in [2.05, 4.69) is 15.5 Å². The summed E-state index contributed by atoms with van der Waals surface area (Å²) in [6.07, 6.45) is 2.83. The highest BCUT2D eigenvalue weighted by atomic mass is 32.2. The first-order valence-electron chi connectivity index (χ1n) is 9.92.